The normalized spacial score (nSPS) is 9.57. The maximum absolute atomic E-state index is 11.0. The summed E-state index contributed by atoms with van der Waals surface area (Å²) in [5.74, 6) is -1.83. The van der Waals surface area contributed by atoms with Gasteiger partial charge in [0.1, 0.15) is 0 Å². The molecule has 0 amide bonds. The van der Waals surface area contributed by atoms with E-state index in [1.165, 1.54) is 6.92 Å². The van der Waals surface area contributed by atoms with Crippen LogP contribution in [0.1, 0.15) is 26.2 Å². The Morgan fingerprint density at radius 3 is 2.29 bits per heavy atom. The van der Waals surface area contributed by atoms with Crippen LogP contribution in [0.2, 0.25) is 0 Å². The lowest BCUT2D eigenvalue weighted by Gasteiger charge is -2.00. The van der Waals surface area contributed by atoms with Crippen molar-refractivity contribution in [2.24, 2.45) is 0 Å². The van der Waals surface area contributed by atoms with Crippen molar-refractivity contribution < 1.29 is 24.2 Å². The minimum atomic E-state index is -0.696. The Kier molecular flexibility index (Phi) is 6.57. The fourth-order valence-corrected chi connectivity index (χ4v) is 0.784. The molecule has 14 heavy (non-hydrogen) atoms. The van der Waals surface area contributed by atoms with Crippen LogP contribution in [0, 0.1) is 0 Å². The molecule has 0 saturated heterocycles. The van der Waals surface area contributed by atoms with Gasteiger partial charge in [-0.05, 0) is 12.8 Å². The molecular formula is C9H14O5. The number of Topliss-reactive ketones (excluding diaryl/α,β-unsaturated/α-hetero) is 2. The zero-order chi connectivity index (χ0) is 11.0. The van der Waals surface area contributed by atoms with Gasteiger partial charge in [-0.25, -0.2) is 0 Å². The smallest absolute Gasteiger partial charge is 0.303 e. The van der Waals surface area contributed by atoms with Crippen molar-refractivity contribution in [2.45, 2.75) is 26.2 Å². The first-order valence-corrected chi connectivity index (χ1v) is 4.38. The van der Waals surface area contributed by atoms with Gasteiger partial charge in [0, 0.05) is 20.0 Å². The van der Waals surface area contributed by atoms with Gasteiger partial charge in [-0.1, -0.05) is 0 Å². The number of carbonyl (C=O) groups excluding carboxylic acids is 3. The molecule has 0 unspecified atom stereocenters. The van der Waals surface area contributed by atoms with E-state index in [1.807, 2.05) is 0 Å². The van der Waals surface area contributed by atoms with E-state index in [9.17, 15) is 14.4 Å². The molecule has 0 aliphatic carbocycles. The minimum absolute atomic E-state index is 0.00537. The van der Waals surface area contributed by atoms with Crippen LogP contribution in [-0.2, 0) is 19.1 Å². The van der Waals surface area contributed by atoms with Crippen LogP contribution in [0.15, 0.2) is 0 Å². The molecule has 0 heterocycles. The first kappa shape index (κ1) is 12.8. The summed E-state index contributed by atoms with van der Waals surface area (Å²) in [6, 6.07) is 0. The lowest BCUT2D eigenvalue weighted by molar-refractivity contribution is -0.148. The third-order valence-electron chi connectivity index (χ3n) is 1.53. The van der Waals surface area contributed by atoms with Crippen molar-refractivity contribution >= 4 is 17.5 Å². The highest BCUT2D eigenvalue weighted by Gasteiger charge is 2.14. The van der Waals surface area contributed by atoms with Crippen LogP contribution in [0.3, 0.4) is 0 Å². The molecule has 0 rings (SSSR count). The van der Waals surface area contributed by atoms with Gasteiger partial charge in [0.2, 0.25) is 11.6 Å². The van der Waals surface area contributed by atoms with Gasteiger partial charge in [-0.2, -0.15) is 0 Å². The predicted molar refractivity (Wildman–Crippen MR) is 47.6 cm³/mol. The van der Waals surface area contributed by atoms with Gasteiger partial charge in [0.15, 0.2) is 6.61 Å². The van der Waals surface area contributed by atoms with Crippen LogP contribution < -0.4 is 0 Å². The van der Waals surface area contributed by atoms with Crippen LogP contribution in [0.5, 0.6) is 0 Å². The monoisotopic (exact) mass is 202 g/mol. The zero-order valence-corrected chi connectivity index (χ0v) is 8.12. The number of aliphatic hydroxyl groups is 1. The molecule has 5 nitrogen and oxygen atoms in total. The molecule has 0 atom stereocenters. The highest BCUT2D eigenvalue weighted by molar-refractivity contribution is 6.37. The van der Waals surface area contributed by atoms with Gasteiger partial charge >= 0.3 is 5.97 Å². The van der Waals surface area contributed by atoms with Gasteiger partial charge in [0.05, 0.1) is 0 Å². The fraction of sp³-hybridized carbons (Fsp3) is 0.667. The standard InChI is InChI=1S/C9H14O5/c1-7(11)14-6-9(13)8(12)4-2-3-5-10/h10H,2-6H2,1H3. The molecule has 0 aromatic rings. The summed E-state index contributed by atoms with van der Waals surface area (Å²) >= 11 is 0. The predicted octanol–water partition coefficient (Wildman–Crippen LogP) is -0.150. The Bertz CT molecular complexity index is 221. The van der Waals surface area contributed by atoms with Crippen LogP contribution in [0.4, 0.5) is 0 Å². The number of ether oxygens (including phenoxy) is 1. The first-order chi connectivity index (χ1) is 6.57. The van der Waals surface area contributed by atoms with Crippen molar-refractivity contribution in [1.29, 1.82) is 0 Å². The van der Waals surface area contributed by atoms with E-state index in [-0.39, 0.29) is 13.0 Å². The fourth-order valence-electron chi connectivity index (χ4n) is 0.784. The average Bonchev–Trinajstić information content (AvgIpc) is 2.14. The van der Waals surface area contributed by atoms with E-state index in [4.69, 9.17) is 5.11 Å². The van der Waals surface area contributed by atoms with Crippen molar-refractivity contribution in [3.63, 3.8) is 0 Å². The molecular weight excluding hydrogens is 188 g/mol. The maximum Gasteiger partial charge on any atom is 0.303 e. The summed E-state index contributed by atoms with van der Waals surface area (Å²) < 4.78 is 4.37. The molecule has 0 aromatic heterocycles. The number of aliphatic hydroxyl groups excluding tert-OH is 1. The Morgan fingerprint density at radius 1 is 1.14 bits per heavy atom. The molecule has 0 aliphatic rings. The van der Waals surface area contributed by atoms with E-state index >= 15 is 0 Å². The summed E-state index contributed by atoms with van der Waals surface area (Å²) in [6.07, 6.45) is 1.06. The average molecular weight is 202 g/mol. The lowest BCUT2D eigenvalue weighted by atomic mass is 10.1. The van der Waals surface area contributed by atoms with Crippen molar-refractivity contribution in [3.8, 4) is 0 Å². The quantitative estimate of drug-likeness (QED) is 0.353. The molecule has 0 fully saturated rings. The molecule has 5 heteroatoms. The molecule has 0 saturated carbocycles. The minimum Gasteiger partial charge on any atom is -0.457 e. The molecule has 0 bridgehead atoms. The molecule has 0 spiro atoms. The van der Waals surface area contributed by atoms with Gasteiger partial charge < -0.3 is 9.84 Å². The van der Waals surface area contributed by atoms with Crippen LogP contribution in [0.25, 0.3) is 0 Å². The SMILES string of the molecule is CC(=O)OCC(=O)C(=O)CCCCO. The zero-order valence-electron chi connectivity index (χ0n) is 8.12. The van der Waals surface area contributed by atoms with Gasteiger partial charge in [-0.15, -0.1) is 0 Å². The maximum atomic E-state index is 11.0. The molecule has 0 aromatic carbocycles. The lowest BCUT2D eigenvalue weighted by Crippen LogP contribution is -2.21. The first-order valence-electron chi connectivity index (χ1n) is 4.38. The number of ketones is 2. The number of carbonyl (C=O) groups is 3. The summed E-state index contributed by atoms with van der Waals surface area (Å²) in [6.45, 7) is 0.697. The number of esters is 1. The topological polar surface area (TPSA) is 80.7 Å². The summed E-state index contributed by atoms with van der Waals surface area (Å²) in [5, 5.41) is 8.43. The molecule has 1 N–H and O–H groups in total. The van der Waals surface area contributed by atoms with E-state index in [1.54, 1.807) is 0 Å². The second-order valence-electron chi connectivity index (χ2n) is 2.81. The summed E-state index contributed by atoms with van der Waals surface area (Å²) in [5.41, 5.74) is 0. The number of hydrogen-bond acceptors (Lipinski definition) is 5. The highest BCUT2D eigenvalue weighted by Crippen LogP contribution is 1.96. The Labute approximate surface area is 82.1 Å². The van der Waals surface area contributed by atoms with Crippen molar-refractivity contribution in [1.82, 2.24) is 0 Å². The van der Waals surface area contributed by atoms with Gasteiger partial charge in [0.25, 0.3) is 0 Å². The van der Waals surface area contributed by atoms with Gasteiger partial charge in [-0.3, -0.25) is 14.4 Å². The second-order valence-corrected chi connectivity index (χ2v) is 2.81. The third kappa shape index (κ3) is 6.30. The molecule has 80 valence electrons. The number of unbranched alkanes of at least 4 members (excludes halogenated alkanes) is 1. The van der Waals surface area contributed by atoms with Crippen LogP contribution in [-0.4, -0.2) is 35.9 Å². The Hall–Kier alpha value is -1.23. The summed E-state index contributed by atoms with van der Waals surface area (Å²) in [4.78, 5) is 32.3. The van der Waals surface area contributed by atoms with E-state index in [2.05, 4.69) is 4.74 Å². The second kappa shape index (κ2) is 7.20. The number of rotatable bonds is 7. The number of hydrogen-bond donors (Lipinski definition) is 1. The highest BCUT2D eigenvalue weighted by atomic mass is 16.5. The van der Waals surface area contributed by atoms with E-state index in [0.717, 1.165) is 0 Å². The van der Waals surface area contributed by atoms with Crippen molar-refractivity contribution in [2.75, 3.05) is 13.2 Å². The molecule has 0 radical (unpaired) electrons. The molecule has 0 aliphatic heterocycles. The Morgan fingerprint density at radius 2 is 1.79 bits per heavy atom. The van der Waals surface area contributed by atoms with Crippen LogP contribution >= 0.6 is 0 Å². The Balaban J connectivity index is 3.65. The van der Waals surface area contributed by atoms with E-state index in [0.29, 0.717) is 12.8 Å². The van der Waals surface area contributed by atoms with Crippen molar-refractivity contribution in [3.05, 3.63) is 0 Å². The third-order valence-corrected chi connectivity index (χ3v) is 1.53. The van der Waals surface area contributed by atoms with E-state index < -0.39 is 24.1 Å². The largest absolute Gasteiger partial charge is 0.457 e. The summed E-state index contributed by atoms with van der Waals surface area (Å²) in [7, 11) is 0.